The summed E-state index contributed by atoms with van der Waals surface area (Å²) in [5, 5.41) is 0. The second kappa shape index (κ2) is 5.63. The highest BCUT2D eigenvalue weighted by Crippen LogP contribution is 2.14. The maximum Gasteiger partial charge on any atom is 0.0963 e. The van der Waals surface area contributed by atoms with E-state index in [2.05, 4.69) is 32.0 Å². The summed E-state index contributed by atoms with van der Waals surface area (Å²) in [7, 11) is 0. The van der Waals surface area contributed by atoms with Gasteiger partial charge in [-0.15, -0.1) is 0 Å². The molecule has 94 valence electrons. The summed E-state index contributed by atoms with van der Waals surface area (Å²) in [6.07, 6.45) is 0.875. The van der Waals surface area contributed by atoms with Crippen LogP contribution in [-0.2, 0) is 15.9 Å². The van der Waals surface area contributed by atoms with Crippen LogP contribution in [0, 0.1) is 13.8 Å². The van der Waals surface area contributed by atoms with E-state index < -0.39 is 0 Å². The van der Waals surface area contributed by atoms with Crippen molar-refractivity contribution >= 4 is 0 Å². The Morgan fingerprint density at radius 1 is 1.29 bits per heavy atom. The SMILES string of the molecule is Cc1ccc(CC(N)C2COCCO2)cc1C. The maximum absolute atomic E-state index is 6.16. The molecule has 1 aromatic carbocycles. The molecule has 3 nitrogen and oxygen atoms in total. The van der Waals surface area contributed by atoms with Gasteiger partial charge in [-0.25, -0.2) is 0 Å². The fourth-order valence-electron chi connectivity index (χ4n) is 2.09. The summed E-state index contributed by atoms with van der Waals surface area (Å²) in [6, 6.07) is 6.51. The van der Waals surface area contributed by atoms with Crippen molar-refractivity contribution in [1.29, 1.82) is 0 Å². The molecular formula is C14H21NO2. The molecule has 3 heteroatoms. The zero-order chi connectivity index (χ0) is 12.3. The molecule has 0 amide bonds. The minimum absolute atomic E-state index is 0.0115. The van der Waals surface area contributed by atoms with Crippen LogP contribution in [0.25, 0.3) is 0 Å². The second-order valence-electron chi connectivity index (χ2n) is 4.77. The van der Waals surface area contributed by atoms with Crippen molar-refractivity contribution in [2.45, 2.75) is 32.4 Å². The monoisotopic (exact) mass is 235 g/mol. The fourth-order valence-corrected chi connectivity index (χ4v) is 2.09. The largest absolute Gasteiger partial charge is 0.376 e. The molecule has 2 rings (SSSR count). The molecule has 0 aliphatic carbocycles. The van der Waals surface area contributed by atoms with Crippen molar-refractivity contribution in [2.24, 2.45) is 5.73 Å². The summed E-state index contributed by atoms with van der Waals surface area (Å²) in [6.45, 7) is 6.21. The topological polar surface area (TPSA) is 44.5 Å². The number of nitrogens with two attached hydrogens (primary N) is 1. The first-order valence-corrected chi connectivity index (χ1v) is 6.18. The molecule has 0 saturated carbocycles. The van der Waals surface area contributed by atoms with Gasteiger partial charge in [-0.2, -0.15) is 0 Å². The van der Waals surface area contributed by atoms with Crippen LogP contribution in [0.2, 0.25) is 0 Å². The standard InChI is InChI=1S/C14H21NO2/c1-10-3-4-12(7-11(10)2)8-13(15)14-9-16-5-6-17-14/h3-4,7,13-14H,5-6,8-9,15H2,1-2H3. The van der Waals surface area contributed by atoms with Gasteiger partial charge in [0.25, 0.3) is 0 Å². The maximum atomic E-state index is 6.16. The summed E-state index contributed by atoms with van der Waals surface area (Å²) in [4.78, 5) is 0. The van der Waals surface area contributed by atoms with Gasteiger partial charge in [0.2, 0.25) is 0 Å². The molecule has 0 bridgehead atoms. The van der Waals surface area contributed by atoms with Crippen molar-refractivity contribution in [3.8, 4) is 0 Å². The van der Waals surface area contributed by atoms with Gasteiger partial charge in [-0.1, -0.05) is 18.2 Å². The third kappa shape index (κ3) is 3.28. The van der Waals surface area contributed by atoms with Crippen LogP contribution in [0.3, 0.4) is 0 Å². The first-order chi connectivity index (χ1) is 8.16. The lowest BCUT2D eigenvalue weighted by Crippen LogP contribution is -2.44. The summed E-state index contributed by atoms with van der Waals surface area (Å²) in [5.74, 6) is 0. The van der Waals surface area contributed by atoms with E-state index in [0.717, 1.165) is 6.42 Å². The van der Waals surface area contributed by atoms with Crippen molar-refractivity contribution in [2.75, 3.05) is 19.8 Å². The van der Waals surface area contributed by atoms with Crippen LogP contribution in [0.15, 0.2) is 18.2 Å². The minimum Gasteiger partial charge on any atom is -0.376 e. The minimum atomic E-state index is 0.0115. The van der Waals surface area contributed by atoms with Gasteiger partial charge in [0, 0.05) is 6.04 Å². The molecule has 2 N–H and O–H groups in total. The Hall–Kier alpha value is -0.900. The molecule has 2 unspecified atom stereocenters. The Morgan fingerprint density at radius 3 is 2.76 bits per heavy atom. The molecule has 2 atom stereocenters. The molecule has 1 aliphatic heterocycles. The van der Waals surface area contributed by atoms with E-state index in [1.807, 2.05) is 0 Å². The molecule has 0 radical (unpaired) electrons. The fraction of sp³-hybridized carbons (Fsp3) is 0.571. The van der Waals surface area contributed by atoms with Crippen LogP contribution >= 0.6 is 0 Å². The van der Waals surface area contributed by atoms with Gasteiger partial charge in [-0.3, -0.25) is 0 Å². The molecule has 17 heavy (non-hydrogen) atoms. The highest BCUT2D eigenvalue weighted by molar-refractivity contribution is 5.30. The van der Waals surface area contributed by atoms with Crippen LogP contribution in [0.4, 0.5) is 0 Å². The summed E-state index contributed by atoms with van der Waals surface area (Å²) < 4.78 is 11.0. The summed E-state index contributed by atoms with van der Waals surface area (Å²) >= 11 is 0. The zero-order valence-corrected chi connectivity index (χ0v) is 10.6. The smallest absolute Gasteiger partial charge is 0.0963 e. The lowest BCUT2D eigenvalue weighted by molar-refractivity contribution is -0.0967. The van der Waals surface area contributed by atoms with E-state index in [1.165, 1.54) is 16.7 Å². The number of rotatable bonds is 3. The highest BCUT2D eigenvalue weighted by Gasteiger charge is 2.22. The van der Waals surface area contributed by atoms with E-state index in [1.54, 1.807) is 0 Å². The first kappa shape index (κ1) is 12.6. The number of ether oxygens (including phenoxy) is 2. The van der Waals surface area contributed by atoms with Crippen LogP contribution in [0.1, 0.15) is 16.7 Å². The molecule has 0 aromatic heterocycles. The average molecular weight is 235 g/mol. The van der Waals surface area contributed by atoms with Crippen molar-refractivity contribution in [3.05, 3.63) is 34.9 Å². The molecule has 1 aromatic rings. The van der Waals surface area contributed by atoms with Gasteiger partial charge >= 0.3 is 0 Å². The van der Waals surface area contributed by atoms with Crippen molar-refractivity contribution in [3.63, 3.8) is 0 Å². The van der Waals surface area contributed by atoms with Gasteiger partial charge < -0.3 is 15.2 Å². The zero-order valence-electron chi connectivity index (χ0n) is 10.6. The number of hydrogen-bond acceptors (Lipinski definition) is 3. The second-order valence-corrected chi connectivity index (χ2v) is 4.77. The molecule has 1 aliphatic rings. The Bertz CT molecular complexity index is 372. The Morgan fingerprint density at radius 2 is 2.12 bits per heavy atom. The predicted molar refractivity (Wildman–Crippen MR) is 68.2 cm³/mol. The Labute approximate surface area is 103 Å². The lowest BCUT2D eigenvalue weighted by atomic mass is 9.98. The molecule has 0 spiro atoms. The molecule has 1 fully saturated rings. The predicted octanol–water partition coefficient (Wildman–Crippen LogP) is 1.59. The number of aryl methyl sites for hydroxylation is 2. The summed E-state index contributed by atoms with van der Waals surface area (Å²) in [5.41, 5.74) is 10.1. The van der Waals surface area contributed by atoms with Gasteiger partial charge in [0.05, 0.1) is 25.9 Å². The first-order valence-electron chi connectivity index (χ1n) is 6.18. The highest BCUT2D eigenvalue weighted by atomic mass is 16.6. The number of hydrogen-bond donors (Lipinski definition) is 1. The van der Waals surface area contributed by atoms with Crippen molar-refractivity contribution in [1.82, 2.24) is 0 Å². The van der Waals surface area contributed by atoms with Gasteiger partial charge in [0.15, 0.2) is 0 Å². The van der Waals surface area contributed by atoms with Gasteiger partial charge in [-0.05, 0) is 37.0 Å². The normalized spacial score (nSPS) is 22.4. The third-order valence-electron chi connectivity index (χ3n) is 3.36. The number of benzene rings is 1. The Kier molecular flexibility index (Phi) is 4.15. The van der Waals surface area contributed by atoms with Crippen LogP contribution in [0.5, 0.6) is 0 Å². The van der Waals surface area contributed by atoms with Crippen LogP contribution in [-0.4, -0.2) is 32.0 Å². The van der Waals surface area contributed by atoms with Crippen molar-refractivity contribution < 1.29 is 9.47 Å². The molecule has 1 saturated heterocycles. The Balaban J connectivity index is 1.96. The van der Waals surface area contributed by atoms with E-state index >= 15 is 0 Å². The van der Waals surface area contributed by atoms with E-state index in [9.17, 15) is 0 Å². The molecular weight excluding hydrogens is 214 g/mol. The molecule has 1 heterocycles. The van der Waals surface area contributed by atoms with E-state index in [4.69, 9.17) is 15.2 Å². The van der Waals surface area contributed by atoms with Gasteiger partial charge in [0.1, 0.15) is 0 Å². The average Bonchev–Trinajstić information content (AvgIpc) is 2.35. The third-order valence-corrected chi connectivity index (χ3v) is 3.36. The van der Waals surface area contributed by atoms with Crippen LogP contribution < -0.4 is 5.73 Å². The quantitative estimate of drug-likeness (QED) is 0.865. The van der Waals surface area contributed by atoms with E-state index in [-0.39, 0.29) is 12.1 Å². The lowest BCUT2D eigenvalue weighted by Gasteiger charge is -2.28. The van der Waals surface area contributed by atoms with E-state index in [0.29, 0.717) is 19.8 Å².